The first-order valence-electron chi connectivity index (χ1n) is 11.8. The predicted octanol–water partition coefficient (Wildman–Crippen LogP) is 4.77. The van der Waals surface area contributed by atoms with Crippen LogP contribution in [0.15, 0.2) is 72.8 Å². The second-order valence-electron chi connectivity index (χ2n) is 10.3. The van der Waals surface area contributed by atoms with E-state index in [1.807, 2.05) is 100 Å². The van der Waals surface area contributed by atoms with Crippen LogP contribution in [0.2, 0.25) is 0 Å². The van der Waals surface area contributed by atoms with Crippen molar-refractivity contribution in [2.75, 3.05) is 7.11 Å². The number of carbonyl (C=O) groups excluding carboxylic acids is 2. The Hall–Kier alpha value is -3.80. The van der Waals surface area contributed by atoms with Gasteiger partial charge in [-0.3, -0.25) is 9.59 Å². The molecule has 3 aromatic rings. The summed E-state index contributed by atoms with van der Waals surface area (Å²) < 4.78 is 11.9. The summed E-state index contributed by atoms with van der Waals surface area (Å²) in [7, 11) is 1.62. The Bertz CT molecular complexity index is 1310. The molecule has 0 spiro atoms. The van der Waals surface area contributed by atoms with Gasteiger partial charge >= 0.3 is 0 Å². The number of para-hydroxylation sites is 1. The van der Waals surface area contributed by atoms with E-state index in [1.54, 1.807) is 12.0 Å². The minimum Gasteiger partial charge on any atom is -0.497 e. The molecule has 180 valence electrons. The highest BCUT2D eigenvalue weighted by molar-refractivity contribution is 6.05. The quantitative estimate of drug-likeness (QED) is 0.597. The SMILES string of the molecule is COc1ccc(CN2C(=O)c3ccccc3[C@]3(C)Oc4ccccc4[C@]23C(=O)NC(C)(C)C)cc1. The molecule has 3 aromatic carbocycles. The number of carbonyl (C=O) groups is 2. The van der Waals surface area contributed by atoms with Crippen molar-refractivity contribution in [2.45, 2.75) is 50.9 Å². The minimum absolute atomic E-state index is 0.210. The van der Waals surface area contributed by atoms with Crippen LogP contribution in [0.5, 0.6) is 11.5 Å². The van der Waals surface area contributed by atoms with Crippen LogP contribution >= 0.6 is 0 Å². The predicted molar refractivity (Wildman–Crippen MR) is 133 cm³/mol. The van der Waals surface area contributed by atoms with Crippen LogP contribution in [0.25, 0.3) is 0 Å². The van der Waals surface area contributed by atoms with Crippen molar-refractivity contribution < 1.29 is 19.1 Å². The summed E-state index contributed by atoms with van der Waals surface area (Å²) >= 11 is 0. The smallest absolute Gasteiger partial charge is 0.255 e. The lowest BCUT2D eigenvalue weighted by atomic mass is 9.67. The molecule has 5 rings (SSSR count). The summed E-state index contributed by atoms with van der Waals surface area (Å²) in [4.78, 5) is 30.3. The van der Waals surface area contributed by atoms with Crippen molar-refractivity contribution in [1.29, 1.82) is 0 Å². The summed E-state index contributed by atoms with van der Waals surface area (Å²) in [5, 5.41) is 3.17. The average molecular weight is 471 g/mol. The summed E-state index contributed by atoms with van der Waals surface area (Å²) in [5.41, 5.74) is -0.262. The molecule has 0 fully saturated rings. The number of hydrogen-bond donors (Lipinski definition) is 1. The number of ether oxygens (including phenoxy) is 2. The van der Waals surface area contributed by atoms with Crippen molar-refractivity contribution in [3.05, 3.63) is 95.1 Å². The topological polar surface area (TPSA) is 67.9 Å². The number of methoxy groups -OCH3 is 1. The Balaban J connectivity index is 1.79. The molecule has 0 saturated carbocycles. The summed E-state index contributed by atoms with van der Waals surface area (Å²) in [5.74, 6) is 0.846. The highest BCUT2D eigenvalue weighted by Crippen LogP contribution is 2.59. The minimum atomic E-state index is -1.41. The molecule has 2 amide bonds. The molecule has 2 atom stereocenters. The molecule has 0 bridgehead atoms. The van der Waals surface area contributed by atoms with Gasteiger partial charge in [0.2, 0.25) is 0 Å². The standard InChI is InChI=1S/C29H30N2O4/c1-27(2,3)30-26(33)29-23-12-8-9-13-24(23)35-28(29,4)22-11-7-6-10-21(22)25(32)31(29)18-19-14-16-20(34-5)17-15-19/h6-17H,18H2,1-5H3,(H,30,33)/t28-,29+/m0/s1. The molecule has 2 heterocycles. The van der Waals surface area contributed by atoms with E-state index in [-0.39, 0.29) is 18.4 Å². The van der Waals surface area contributed by atoms with Crippen molar-refractivity contribution in [3.8, 4) is 11.5 Å². The third kappa shape index (κ3) is 3.31. The third-order valence-corrected chi connectivity index (χ3v) is 6.92. The molecule has 0 radical (unpaired) electrons. The van der Waals surface area contributed by atoms with Crippen molar-refractivity contribution >= 4 is 11.8 Å². The molecule has 2 aliphatic heterocycles. The van der Waals surface area contributed by atoms with Crippen molar-refractivity contribution in [1.82, 2.24) is 10.2 Å². The van der Waals surface area contributed by atoms with Crippen molar-refractivity contribution in [3.63, 3.8) is 0 Å². The fourth-order valence-corrected chi connectivity index (χ4v) is 5.44. The van der Waals surface area contributed by atoms with E-state index < -0.39 is 16.7 Å². The van der Waals surface area contributed by atoms with Crippen molar-refractivity contribution in [2.24, 2.45) is 0 Å². The van der Waals surface area contributed by atoms with Gasteiger partial charge in [0.25, 0.3) is 11.8 Å². The van der Waals surface area contributed by atoms with Gasteiger partial charge in [-0.05, 0) is 57.5 Å². The van der Waals surface area contributed by atoms with E-state index in [2.05, 4.69) is 5.32 Å². The Labute approximate surface area is 205 Å². The number of nitrogens with zero attached hydrogens (tertiary/aromatic N) is 1. The van der Waals surface area contributed by atoms with Gasteiger partial charge in [-0.25, -0.2) is 0 Å². The normalized spacial score (nSPS) is 22.5. The van der Waals surface area contributed by atoms with Gasteiger partial charge in [-0.2, -0.15) is 0 Å². The number of nitrogens with one attached hydrogen (secondary N) is 1. The summed E-state index contributed by atoms with van der Waals surface area (Å²) in [6.45, 7) is 7.95. The van der Waals surface area contributed by atoms with E-state index in [0.29, 0.717) is 22.4 Å². The van der Waals surface area contributed by atoms with Gasteiger partial charge in [-0.15, -0.1) is 0 Å². The summed E-state index contributed by atoms with van der Waals surface area (Å²) in [6, 6.07) is 22.5. The van der Waals surface area contributed by atoms with Crippen LogP contribution < -0.4 is 14.8 Å². The monoisotopic (exact) mass is 470 g/mol. The van der Waals surface area contributed by atoms with Gasteiger partial charge in [0, 0.05) is 28.8 Å². The van der Waals surface area contributed by atoms with Crippen LogP contribution in [-0.4, -0.2) is 29.4 Å². The first kappa shape index (κ1) is 23.0. The molecule has 6 nitrogen and oxygen atoms in total. The lowest BCUT2D eigenvalue weighted by molar-refractivity contribution is -0.149. The molecule has 0 saturated heterocycles. The fraction of sp³-hybridized carbons (Fsp3) is 0.310. The van der Waals surface area contributed by atoms with Gasteiger partial charge in [0.15, 0.2) is 11.1 Å². The molecule has 2 aliphatic rings. The van der Waals surface area contributed by atoms with Gasteiger partial charge < -0.3 is 19.7 Å². The molecule has 0 aromatic heterocycles. The van der Waals surface area contributed by atoms with E-state index in [0.717, 1.165) is 11.3 Å². The zero-order valence-electron chi connectivity index (χ0n) is 20.7. The van der Waals surface area contributed by atoms with E-state index >= 15 is 0 Å². The molecular formula is C29H30N2O4. The average Bonchev–Trinajstić information content (AvgIpc) is 3.11. The number of benzene rings is 3. The largest absolute Gasteiger partial charge is 0.497 e. The maximum atomic E-state index is 14.4. The number of fused-ring (bicyclic) bond motifs is 5. The zero-order valence-corrected chi connectivity index (χ0v) is 20.7. The first-order valence-corrected chi connectivity index (χ1v) is 11.8. The fourth-order valence-electron chi connectivity index (χ4n) is 5.44. The Morgan fingerprint density at radius 1 is 0.971 bits per heavy atom. The second kappa shape index (κ2) is 7.87. The van der Waals surface area contributed by atoms with E-state index in [9.17, 15) is 9.59 Å². The molecule has 1 N–H and O–H groups in total. The van der Waals surface area contributed by atoms with Gasteiger partial charge in [-0.1, -0.05) is 48.5 Å². The molecule has 0 unspecified atom stereocenters. The lowest BCUT2D eigenvalue weighted by Gasteiger charge is -2.52. The maximum absolute atomic E-state index is 14.4. The highest BCUT2D eigenvalue weighted by atomic mass is 16.5. The second-order valence-corrected chi connectivity index (χ2v) is 10.3. The van der Waals surface area contributed by atoms with Crippen LogP contribution in [-0.2, 0) is 22.5 Å². The Morgan fingerprint density at radius 3 is 2.26 bits per heavy atom. The third-order valence-electron chi connectivity index (χ3n) is 6.92. The number of hydrogen-bond acceptors (Lipinski definition) is 4. The molecule has 0 aliphatic carbocycles. The molecule has 35 heavy (non-hydrogen) atoms. The maximum Gasteiger partial charge on any atom is 0.255 e. The zero-order chi connectivity index (χ0) is 25.0. The molecule has 6 heteroatoms. The van der Waals surface area contributed by atoms with Crippen LogP contribution in [0.3, 0.4) is 0 Å². The van der Waals surface area contributed by atoms with Crippen LogP contribution in [0.4, 0.5) is 0 Å². The van der Waals surface area contributed by atoms with Gasteiger partial charge in [0.05, 0.1) is 7.11 Å². The van der Waals surface area contributed by atoms with E-state index in [4.69, 9.17) is 9.47 Å². The number of rotatable bonds is 4. The highest BCUT2D eigenvalue weighted by Gasteiger charge is 2.70. The van der Waals surface area contributed by atoms with Crippen LogP contribution in [0, 0.1) is 0 Å². The Kier molecular flexibility index (Phi) is 5.16. The number of amides is 2. The Morgan fingerprint density at radius 2 is 1.60 bits per heavy atom. The summed E-state index contributed by atoms with van der Waals surface area (Å²) in [6.07, 6.45) is 0. The van der Waals surface area contributed by atoms with Gasteiger partial charge in [0.1, 0.15) is 11.5 Å². The lowest BCUT2D eigenvalue weighted by Crippen LogP contribution is -2.70. The van der Waals surface area contributed by atoms with Crippen LogP contribution in [0.1, 0.15) is 54.7 Å². The van der Waals surface area contributed by atoms with E-state index in [1.165, 1.54) is 0 Å². The molecular weight excluding hydrogens is 440 g/mol. The first-order chi connectivity index (χ1) is 16.6.